The zero-order chi connectivity index (χ0) is 30.7. The Hall–Kier alpha value is -3.55. The number of rotatable bonds is 8. The quantitative estimate of drug-likeness (QED) is 0.341. The maximum absolute atomic E-state index is 13.5. The molecule has 2 aliphatic carbocycles. The first-order chi connectivity index (χ1) is 19.7. The van der Waals surface area contributed by atoms with Crippen molar-refractivity contribution in [3.05, 3.63) is 59.7 Å². The molecule has 228 valence electrons. The SMILES string of the molecule is CC(C)(C)OC(=O)N[C@H]1CC[C@H](N(C(=O)OC(C)(C)C)C2CC2c2ccc(-c3cccc(CCC(=O)O)c3)cc2)CC1. The van der Waals surface area contributed by atoms with Gasteiger partial charge in [0, 0.05) is 30.5 Å². The monoisotopic (exact) mass is 578 g/mol. The van der Waals surface area contributed by atoms with Gasteiger partial charge in [0.2, 0.25) is 0 Å². The molecule has 0 bridgehead atoms. The van der Waals surface area contributed by atoms with Gasteiger partial charge in [-0.15, -0.1) is 0 Å². The van der Waals surface area contributed by atoms with Crippen LogP contribution in [0.4, 0.5) is 9.59 Å². The highest BCUT2D eigenvalue weighted by Crippen LogP contribution is 2.47. The van der Waals surface area contributed by atoms with Gasteiger partial charge < -0.3 is 24.8 Å². The summed E-state index contributed by atoms with van der Waals surface area (Å²) < 4.78 is 11.3. The highest BCUT2D eigenvalue weighted by molar-refractivity contribution is 5.71. The molecule has 2 N–H and O–H groups in total. The summed E-state index contributed by atoms with van der Waals surface area (Å²) in [5.41, 5.74) is 3.21. The molecule has 2 aliphatic rings. The molecule has 0 saturated heterocycles. The van der Waals surface area contributed by atoms with Crippen LogP contribution in [-0.4, -0.2) is 57.5 Å². The maximum Gasteiger partial charge on any atom is 0.410 e. The largest absolute Gasteiger partial charge is 0.481 e. The smallest absolute Gasteiger partial charge is 0.410 e. The second kappa shape index (κ2) is 12.8. The number of hydrogen-bond acceptors (Lipinski definition) is 5. The lowest BCUT2D eigenvalue weighted by molar-refractivity contribution is -0.136. The number of alkyl carbamates (subject to hydrolysis) is 1. The van der Waals surface area contributed by atoms with Crippen LogP contribution in [0.5, 0.6) is 0 Å². The third kappa shape index (κ3) is 8.97. The van der Waals surface area contributed by atoms with E-state index in [1.807, 2.05) is 64.6 Å². The van der Waals surface area contributed by atoms with Crippen LogP contribution in [0, 0.1) is 0 Å². The van der Waals surface area contributed by atoms with Gasteiger partial charge in [-0.25, -0.2) is 9.59 Å². The Kier molecular flexibility index (Phi) is 9.53. The van der Waals surface area contributed by atoms with E-state index in [4.69, 9.17) is 14.6 Å². The first-order valence-corrected chi connectivity index (χ1v) is 15.1. The number of aryl methyl sites for hydroxylation is 1. The van der Waals surface area contributed by atoms with Crippen LogP contribution in [-0.2, 0) is 20.7 Å². The Morgan fingerprint density at radius 1 is 0.881 bits per heavy atom. The van der Waals surface area contributed by atoms with Crippen molar-refractivity contribution in [1.82, 2.24) is 10.2 Å². The van der Waals surface area contributed by atoms with Gasteiger partial charge >= 0.3 is 18.2 Å². The summed E-state index contributed by atoms with van der Waals surface area (Å²) in [6, 6.07) is 16.7. The molecule has 0 spiro atoms. The van der Waals surface area contributed by atoms with Crippen molar-refractivity contribution in [3.63, 3.8) is 0 Å². The predicted molar refractivity (Wildman–Crippen MR) is 162 cm³/mol. The highest BCUT2D eigenvalue weighted by atomic mass is 16.6. The van der Waals surface area contributed by atoms with Crippen molar-refractivity contribution in [2.24, 2.45) is 0 Å². The number of aliphatic carboxylic acids is 1. The van der Waals surface area contributed by atoms with E-state index < -0.39 is 23.3 Å². The van der Waals surface area contributed by atoms with Crippen molar-refractivity contribution in [2.75, 3.05) is 0 Å². The molecule has 2 unspecified atom stereocenters. The van der Waals surface area contributed by atoms with Crippen molar-refractivity contribution in [2.45, 2.75) is 122 Å². The summed E-state index contributed by atoms with van der Waals surface area (Å²) in [7, 11) is 0. The molecule has 2 aromatic carbocycles. The summed E-state index contributed by atoms with van der Waals surface area (Å²) in [6.45, 7) is 11.2. The summed E-state index contributed by atoms with van der Waals surface area (Å²) in [5, 5.41) is 12.0. The Balaban J connectivity index is 1.42. The Morgan fingerprint density at radius 3 is 2.12 bits per heavy atom. The van der Waals surface area contributed by atoms with Crippen LogP contribution in [0.15, 0.2) is 48.5 Å². The lowest BCUT2D eigenvalue weighted by atomic mass is 9.90. The fraction of sp³-hybridized carbons (Fsp3) is 0.559. The third-order valence-corrected chi connectivity index (χ3v) is 7.76. The molecule has 0 aliphatic heterocycles. The van der Waals surface area contributed by atoms with E-state index >= 15 is 0 Å². The lowest BCUT2D eigenvalue weighted by Gasteiger charge is -2.38. The topological polar surface area (TPSA) is 105 Å². The number of amides is 2. The molecule has 4 rings (SSSR count). The summed E-state index contributed by atoms with van der Waals surface area (Å²) in [6.07, 6.45) is 3.98. The van der Waals surface area contributed by atoms with Gasteiger partial charge in [-0.2, -0.15) is 0 Å². The van der Waals surface area contributed by atoms with Crippen LogP contribution in [0.25, 0.3) is 11.1 Å². The fourth-order valence-corrected chi connectivity index (χ4v) is 5.77. The number of nitrogens with one attached hydrogen (secondary N) is 1. The van der Waals surface area contributed by atoms with Crippen molar-refractivity contribution in [1.29, 1.82) is 0 Å². The number of hydrogen-bond donors (Lipinski definition) is 2. The lowest BCUT2D eigenvalue weighted by Crippen LogP contribution is -2.49. The minimum Gasteiger partial charge on any atom is -0.481 e. The number of carboxylic acids is 1. The van der Waals surface area contributed by atoms with Gasteiger partial charge in [0.05, 0.1) is 0 Å². The molecular formula is C34H46N2O6. The average Bonchev–Trinajstić information content (AvgIpc) is 3.67. The molecule has 2 aromatic rings. The number of carbonyl (C=O) groups excluding carboxylic acids is 2. The molecule has 2 atom stereocenters. The average molecular weight is 579 g/mol. The van der Waals surface area contributed by atoms with Gasteiger partial charge in [-0.05, 0) is 102 Å². The summed E-state index contributed by atoms with van der Waals surface area (Å²) in [4.78, 5) is 38.7. The minimum atomic E-state index is -0.797. The van der Waals surface area contributed by atoms with Crippen LogP contribution in [0.3, 0.4) is 0 Å². The van der Waals surface area contributed by atoms with E-state index in [9.17, 15) is 14.4 Å². The van der Waals surface area contributed by atoms with Crippen LogP contribution >= 0.6 is 0 Å². The zero-order valence-corrected chi connectivity index (χ0v) is 25.8. The van der Waals surface area contributed by atoms with Crippen LogP contribution < -0.4 is 5.32 Å². The van der Waals surface area contributed by atoms with Crippen molar-refractivity contribution in [3.8, 4) is 11.1 Å². The predicted octanol–water partition coefficient (Wildman–Crippen LogP) is 7.30. The normalized spacial score (nSPS) is 22.1. The molecule has 8 nitrogen and oxygen atoms in total. The Morgan fingerprint density at radius 2 is 1.52 bits per heavy atom. The second-order valence-corrected chi connectivity index (χ2v) is 13.7. The van der Waals surface area contributed by atoms with Gasteiger partial charge in [0.25, 0.3) is 0 Å². The van der Waals surface area contributed by atoms with E-state index in [2.05, 4.69) is 35.6 Å². The van der Waals surface area contributed by atoms with Gasteiger partial charge in [-0.1, -0.05) is 48.5 Å². The van der Waals surface area contributed by atoms with E-state index in [-0.39, 0.29) is 36.6 Å². The van der Waals surface area contributed by atoms with Gasteiger partial charge in [0.15, 0.2) is 0 Å². The molecule has 0 heterocycles. The molecule has 8 heteroatoms. The molecule has 2 amide bonds. The number of benzene rings is 2. The Labute approximate surface area is 249 Å². The first kappa shape index (κ1) is 31.4. The van der Waals surface area contributed by atoms with E-state index in [0.29, 0.717) is 6.42 Å². The number of carboxylic acid groups (broad SMARTS) is 1. The van der Waals surface area contributed by atoms with Gasteiger partial charge in [0.1, 0.15) is 11.2 Å². The number of nitrogens with zero attached hydrogens (tertiary/aromatic N) is 1. The minimum absolute atomic E-state index is 0.0294. The second-order valence-electron chi connectivity index (χ2n) is 13.7. The molecule has 0 aromatic heterocycles. The molecule has 0 radical (unpaired) electrons. The first-order valence-electron chi connectivity index (χ1n) is 15.1. The van der Waals surface area contributed by atoms with E-state index in [1.165, 1.54) is 5.56 Å². The molecule has 2 saturated carbocycles. The highest BCUT2D eigenvalue weighted by Gasteiger charge is 2.49. The Bertz CT molecular complexity index is 1250. The van der Waals surface area contributed by atoms with Crippen molar-refractivity contribution < 1.29 is 29.0 Å². The maximum atomic E-state index is 13.5. The zero-order valence-electron chi connectivity index (χ0n) is 25.8. The molecule has 2 fully saturated rings. The number of ether oxygens (including phenoxy) is 2. The van der Waals surface area contributed by atoms with Crippen LogP contribution in [0.1, 0.15) is 97.1 Å². The standard InChI is InChI=1S/C34H46N2O6/c1-33(2,3)41-31(39)35-26-15-17-27(18-16-26)36(32(40)42-34(4,5)6)29-21-28(29)24-13-11-23(12-14-24)25-9-7-8-22(20-25)10-19-30(37)38/h7-9,11-14,20,26-29H,10,15-19,21H2,1-6H3,(H,35,39)(H,37,38)/t26-,27-,28?,29?. The van der Waals surface area contributed by atoms with E-state index in [1.54, 1.807) is 0 Å². The fourth-order valence-electron chi connectivity index (χ4n) is 5.77. The summed E-state index contributed by atoms with van der Waals surface area (Å²) in [5.74, 6) is -0.555. The van der Waals surface area contributed by atoms with Crippen molar-refractivity contribution >= 4 is 18.2 Å². The molecule has 42 heavy (non-hydrogen) atoms. The summed E-state index contributed by atoms with van der Waals surface area (Å²) >= 11 is 0. The van der Waals surface area contributed by atoms with E-state index in [0.717, 1.165) is 48.8 Å². The van der Waals surface area contributed by atoms with Crippen LogP contribution in [0.2, 0.25) is 0 Å². The van der Waals surface area contributed by atoms with Gasteiger partial charge in [-0.3, -0.25) is 4.79 Å². The molecular weight excluding hydrogens is 532 g/mol. The number of carbonyl (C=O) groups is 3. The third-order valence-electron chi connectivity index (χ3n) is 7.76.